The zero-order valence-electron chi connectivity index (χ0n) is 8.02. The van der Waals surface area contributed by atoms with E-state index in [-0.39, 0.29) is 5.75 Å². The fourth-order valence-electron chi connectivity index (χ4n) is 1.01. The molecule has 2 N–H and O–H groups in total. The Labute approximate surface area is 82.7 Å². The summed E-state index contributed by atoms with van der Waals surface area (Å²) in [7, 11) is -3.16. The minimum Gasteiger partial charge on any atom is -0.381 e. The molecule has 1 rings (SSSR count). The topological polar surface area (TPSA) is 83.5 Å². The predicted molar refractivity (Wildman–Crippen MR) is 51.2 cm³/mol. The molecule has 1 amide bonds. The van der Waals surface area contributed by atoms with E-state index in [1.54, 1.807) is 0 Å². The summed E-state index contributed by atoms with van der Waals surface area (Å²) in [5.41, 5.74) is -1.49. The van der Waals surface area contributed by atoms with Crippen molar-refractivity contribution in [3.63, 3.8) is 0 Å². The van der Waals surface area contributed by atoms with Crippen LogP contribution in [0, 0.1) is 0 Å². The molecule has 6 heteroatoms. The van der Waals surface area contributed by atoms with Crippen LogP contribution in [-0.4, -0.2) is 36.8 Å². The number of amides is 1. The van der Waals surface area contributed by atoms with Gasteiger partial charge in [0.2, 0.25) is 0 Å². The maximum Gasteiger partial charge on any atom is 0.251 e. The van der Waals surface area contributed by atoms with Crippen molar-refractivity contribution < 1.29 is 18.3 Å². The van der Waals surface area contributed by atoms with Gasteiger partial charge in [0.05, 0.1) is 11.8 Å². The zero-order chi connectivity index (χ0) is 11.0. The van der Waals surface area contributed by atoms with Crippen molar-refractivity contribution >= 4 is 15.7 Å². The average Bonchev–Trinajstić information content (AvgIpc) is 2.28. The highest BCUT2D eigenvalue weighted by Crippen LogP contribution is 2.09. The van der Waals surface area contributed by atoms with Crippen molar-refractivity contribution in [3.8, 4) is 0 Å². The maximum absolute atomic E-state index is 11.2. The number of carbonyl (C=O) groups excluding carboxylic acids is 1. The van der Waals surface area contributed by atoms with E-state index in [1.807, 2.05) is 0 Å². The number of aliphatic hydroxyl groups is 1. The summed E-state index contributed by atoms with van der Waals surface area (Å²) in [5, 5.41) is 12.8. The minimum absolute atomic E-state index is 0.130. The molecular weight excluding hydrogens is 206 g/mol. The number of sulfone groups is 1. The number of nitrogens with one attached hydrogen (secondary N) is 1. The Bertz CT molecular complexity index is 363. The monoisotopic (exact) mass is 219 g/mol. The van der Waals surface area contributed by atoms with E-state index in [1.165, 1.54) is 19.9 Å². The first-order chi connectivity index (χ1) is 6.21. The van der Waals surface area contributed by atoms with Gasteiger partial charge in [-0.1, -0.05) is 0 Å². The van der Waals surface area contributed by atoms with Crippen LogP contribution in [0.3, 0.4) is 0 Å². The SMILES string of the molecule is CC(C)(O)C(=O)NC1C=CS(=O)(=O)C1. The van der Waals surface area contributed by atoms with Gasteiger partial charge >= 0.3 is 0 Å². The van der Waals surface area contributed by atoms with Gasteiger partial charge in [-0.2, -0.15) is 0 Å². The lowest BCUT2D eigenvalue weighted by molar-refractivity contribution is -0.136. The van der Waals surface area contributed by atoms with Crippen molar-refractivity contribution in [3.05, 3.63) is 11.5 Å². The van der Waals surface area contributed by atoms with E-state index in [4.69, 9.17) is 0 Å². The first-order valence-electron chi connectivity index (χ1n) is 4.15. The first-order valence-corrected chi connectivity index (χ1v) is 5.86. The molecule has 0 bridgehead atoms. The van der Waals surface area contributed by atoms with E-state index in [2.05, 4.69) is 5.32 Å². The van der Waals surface area contributed by atoms with Crippen LogP contribution in [0.25, 0.3) is 0 Å². The summed E-state index contributed by atoms with van der Waals surface area (Å²) in [6, 6.07) is -0.529. The normalized spacial score (nSPS) is 24.9. The van der Waals surface area contributed by atoms with Crippen LogP contribution in [0.2, 0.25) is 0 Å². The predicted octanol–water partition coefficient (Wildman–Crippen LogP) is -0.816. The standard InChI is InChI=1S/C8H13NO4S/c1-8(2,11)7(10)9-6-3-4-14(12,13)5-6/h3-4,6,11H,5H2,1-2H3,(H,9,10). The van der Waals surface area contributed by atoms with Gasteiger partial charge in [0.1, 0.15) is 5.60 Å². The van der Waals surface area contributed by atoms with Crippen LogP contribution >= 0.6 is 0 Å². The second kappa shape index (κ2) is 3.36. The highest BCUT2D eigenvalue weighted by molar-refractivity contribution is 7.94. The van der Waals surface area contributed by atoms with E-state index in [0.29, 0.717) is 0 Å². The van der Waals surface area contributed by atoms with E-state index in [0.717, 1.165) is 5.41 Å². The number of rotatable bonds is 2. The molecule has 1 atom stereocenters. The molecule has 0 aromatic rings. The fraction of sp³-hybridized carbons (Fsp3) is 0.625. The second-order valence-corrected chi connectivity index (χ2v) is 5.73. The summed E-state index contributed by atoms with van der Waals surface area (Å²) >= 11 is 0. The Morgan fingerprint density at radius 3 is 2.50 bits per heavy atom. The molecule has 1 unspecified atom stereocenters. The van der Waals surface area contributed by atoms with Crippen LogP contribution in [0.5, 0.6) is 0 Å². The molecule has 1 aliphatic rings. The smallest absolute Gasteiger partial charge is 0.251 e. The molecule has 0 spiro atoms. The molecule has 80 valence electrons. The van der Waals surface area contributed by atoms with E-state index < -0.39 is 27.4 Å². The van der Waals surface area contributed by atoms with Crippen LogP contribution in [0.15, 0.2) is 11.5 Å². The van der Waals surface area contributed by atoms with Crippen LogP contribution < -0.4 is 5.32 Å². The van der Waals surface area contributed by atoms with Crippen LogP contribution in [-0.2, 0) is 14.6 Å². The lowest BCUT2D eigenvalue weighted by Gasteiger charge is -2.19. The second-order valence-electron chi connectivity index (χ2n) is 3.80. The summed E-state index contributed by atoms with van der Waals surface area (Å²) < 4.78 is 21.9. The third-order valence-corrected chi connectivity index (χ3v) is 3.20. The van der Waals surface area contributed by atoms with Gasteiger partial charge in [-0.3, -0.25) is 4.79 Å². The fourth-order valence-corrected chi connectivity index (χ4v) is 2.25. The molecule has 0 saturated heterocycles. The van der Waals surface area contributed by atoms with Gasteiger partial charge in [0.25, 0.3) is 5.91 Å². The number of hydrogen-bond donors (Lipinski definition) is 2. The van der Waals surface area contributed by atoms with E-state index >= 15 is 0 Å². The van der Waals surface area contributed by atoms with Gasteiger partial charge in [-0.25, -0.2) is 8.42 Å². The molecule has 14 heavy (non-hydrogen) atoms. The molecule has 0 saturated carbocycles. The zero-order valence-corrected chi connectivity index (χ0v) is 8.84. The van der Waals surface area contributed by atoms with Crippen molar-refractivity contribution in [1.29, 1.82) is 0 Å². The highest BCUT2D eigenvalue weighted by atomic mass is 32.2. The molecular formula is C8H13NO4S. The number of hydrogen-bond acceptors (Lipinski definition) is 4. The molecule has 0 aliphatic carbocycles. The molecule has 0 aromatic heterocycles. The average molecular weight is 219 g/mol. The molecule has 1 aliphatic heterocycles. The lowest BCUT2D eigenvalue weighted by Crippen LogP contribution is -2.46. The Hall–Kier alpha value is -0.880. The van der Waals surface area contributed by atoms with Crippen molar-refractivity contribution in [2.24, 2.45) is 0 Å². The molecule has 1 heterocycles. The van der Waals surface area contributed by atoms with Gasteiger partial charge in [-0.05, 0) is 19.9 Å². The van der Waals surface area contributed by atoms with Gasteiger partial charge in [0, 0.05) is 5.41 Å². The van der Waals surface area contributed by atoms with E-state index in [9.17, 15) is 18.3 Å². The number of carbonyl (C=O) groups is 1. The summed E-state index contributed by atoms with van der Waals surface area (Å²) in [5.74, 6) is -0.710. The minimum atomic E-state index is -3.16. The summed E-state index contributed by atoms with van der Waals surface area (Å²) in [6.45, 7) is 2.69. The first kappa shape index (κ1) is 11.2. The van der Waals surface area contributed by atoms with Crippen LogP contribution in [0.4, 0.5) is 0 Å². The lowest BCUT2D eigenvalue weighted by atomic mass is 10.1. The molecule has 0 fully saturated rings. The Morgan fingerprint density at radius 1 is 1.57 bits per heavy atom. The Kier molecular flexibility index (Phi) is 2.69. The van der Waals surface area contributed by atoms with Crippen molar-refractivity contribution in [2.75, 3.05) is 5.75 Å². The van der Waals surface area contributed by atoms with Gasteiger partial charge in [-0.15, -0.1) is 0 Å². The molecule has 0 aromatic carbocycles. The van der Waals surface area contributed by atoms with Crippen molar-refractivity contribution in [1.82, 2.24) is 5.32 Å². The summed E-state index contributed by atoms with van der Waals surface area (Å²) in [6.07, 6.45) is 1.40. The van der Waals surface area contributed by atoms with Gasteiger partial charge < -0.3 is 10.4 Å². The van der Waals surface area contributed by atoms with Crippen molar-refractivity contribution in [2.45, 2.75) is 25.5 Å². The Balaban J connectivity index is 2.58. The largest absolute Gasteiger partial charge is 0.381 e. The molecule has 0 radical (unpaired) electrons. The third-order valence-electron chi connectivity index (χ3n) is 1.80. The maximum atomic E-state index is 11.2. The Morgan fingerprint density at radius 2 is 2.14 bits per heavy atom. The van der Waals surface area contributed by atoms with Crippen LogP contribution in [0.1, 0.15) is 13.8 Å². The summed E-state index contributed by atoms with van der Waals surface area (Å²) in [4.78, 5) is 11.2. The molecule has 5 nitrogen and oxygen atoms in total. The third kappa shape index (κ3) is 2.81. The quantitative estimate of drug-likeness (QED) is 0.636. The van der Waals surface area contributed by atoms with Gasteiger partial charge in [0.15, 0.2) is 9.84 Å². The highest BCUT2D eigenvalue weighted by Gasteiger charge is 2.29.